The number of rotatable bonds is 6. The smallest absolute Gasteiger partial charge is 0.233 e. The van der Waals surface area contributed by atoms with Gasteiger partial charge in [-0.25, -0.2) is 0 Å². The summed E-state index contributed by atoms with van der Waals surface area (Å²) in [5.74, 6) is 0.811. The van der Waals surface area contributed by atoms with Gasteiger partial charge in [0.05, 0.1) is 6.54 Å². The highest BCUT2D eigenvalue weighted by Crippen LogP contribution is 2.01. The molecule has 0 saturated carbocycles. The van der Waals surface area contributed by atoms with E-state index in [0.29, 0.717) is 6.54 Å². The highest BCUT2D eigenvalue weighted by molar-refractivity contribution is 5.77. The second-order valence-electron chi connectivity index (χ2n) is 3.39. The summed E-state index contributed by atoms with van der Waals surface area (Å²) in [5.41, 5.74) is 0. The highest BCUT2D eigenvalue weighted by atomic mass is 16.1. The summed E-state index contributed by atoms with van der Waals surface area (Å²) in [6, 6.07) is 0. The lowest BCUT2D eigenvalue weighted by Crippen LogP contribution is -2.31. The van der Waals surface area contributed by atoms with Crippen LogP contribution in [-0.4, -0.2) is 26.0 Å². The number of hydrogen-bond donors (Lipinski definition) is 2. The third-order valence-corrected chi connectivity index (χ3v) is 1.70. The minimum absolute atomic E-state index is 0.0551. The molecule has 0 fully saturated rings. The maximum absolute atomic E-state index is 10.7. The van der Waals surface area contributed by atoms with Crippen molar-refractivity contribution in [3.8, 4) is 0 Å². The molecule has 0 rings (SSSR count). The molecule has 0 aliphatic rings. The van der Waals surface area contributed by atoms with E-state index in [1.54, 1.807) is 7.05 Å². The fourth-order valence-electron chi connectivity index (χ4n) is 0.926. The zero-order valence-corrected chi connectivity index (χ0v) is 8.31. The first kappa shape index (κ1) is 11.4. The van der Waals surface area contributed by atoms with Gasteiger partial charge in [-0.05, 0) is 25.3 Å². The van der Waals surface area contributed by atoms with Crippen LogP contribution in [0.5, 0.6) is 0 Å². The van der Waals surface area contributed by atoms with Crippen LogP contribution in [0.15, 0.2) is 0 Å². The predicted octanol–water partition coefficient (Wildman–Crippen LogP) is 0.758. The molecular weight excluding hydrogens is 152 g/mol. The first-order valence-corrected chi connectivity index (χ1v) is 4.58. The molecule has 0 aromatic rings. The van der Waals surface area contributed by atoms with Crippen molar-refractivity contribution in [1.82, 2.24) is 10.6 Å². The molecule has 0 heterocycles. The molecule has 3 heteroatoms. The molecule has 0 aromatic heterocycles. The first-order chi connectivity index (χ1) is 5.66. The van der Waals surface area contributed by atoms with Crippen LogP contribution in [0.4, 0.5) is 0 Å². The lowest BCUT2D eigenvalue weighted by Gasteiger charge is -2.05. The van der Waals surface area contributed by atoms with Crippen LogP contribution in [0.25, 0.3) is 0 Å². The molecule has 0 aliphatic heterocycles. The number of carbonyl (C=O) groups is 1. The SMILES string of the molecule is CNC(=O)CNCCCC(C)C. The lowest BCUT2D eigenvalue weighted by molar-refractivity contribution is -0.119. The van der Waals surface area contributed by atoms with Crippen molar-refractivity contribution >= 4 is 5.91 Å². The van der Waals surface area contributed by atoms with Crippen LogP contribution in [0.1, 0.15) is 26.7 Å². The summed E-state index contributed by atoms with van der Waals surface area (Å²) in [6.45, 7) is 5.79. The Labute approximate surface area is 74.9 Å². The molecular formula is C9H20N2O. The Bertz CT molecular complexity index is 124. The zero-order chi connectivity index (χ0) is 9.40. The normalized spacial score (nSPS) is 10.3. The molecule has 1 amide bonds. The fourth-order valence-corrected chi connectivity index (χ4v) is 0.926. The molecule has 0 spiro atoms. The second kappa shape index (κ2) is 7.10. The van der Waals surface area contributed by atoms with E-state index in [4.69, 9.17) is 0 Å². The Morgan fingerprint density at radius 3 is 2.58 bits per heavy atom. The molecule has 3 nitrogen and oxygen atoms in total. The van der Waals surface area contributed by atoms with Crippen LogP contribution < -0.4 is 10.6 Å². The van der Waals surface area contributed by atoms with Crippen molar-refractivity contribution in [3.05, 3.63) is 0 Å². The van der Waals surface area contributed by atoms with Gasteiger partial charge in [0.25, 0.3) is 0 Å². The van der Waals surface area contributed by atoms with Crippen molar-refractivity contribution in [1.29, 1.82) is 0 Å². The van der Waals surface area contributed by atoms with E-state index in [9.17, 15) is 4.79 Å². The third-order valence-electron chi connectivity index (χ3n) is 1.70. The number of amides is 1. The topological polar surface area (TPSA) is 41.1 Å². The molecule has 0 unspecified atom stereocenters. The van der Waals surface area contributed by atoms with E-state index in [1.807, 2.05) is 0 Å². The van der Waals surface area contributed by atoms with Gasteiger partial charge in [0.1, 0.15) is 0 Å². The standard InChI is InChI=1S/C9H20N2O/c1-8(2)5-4-6-11-7-9(12)10-3/h8,11H,4-7H2,1-3H3,(H,10,12). The van der Waals surface area contributed by atoms with E-state index >= 15 is 0 Å². The molecule has 0 atom stereocenters. The van der Waals surface area contributed by atoms with Gasteiger partial charge in [0, 0.05) is 7.05 Å². The predicted molar refractivity (Wildman–Crippen MR) is 51.0 cm³/mol. The van der Waals surface area contributed by atoms with Gasteiger partial charge in [0.2, 0.25) is 5.91 Å². The number of nitrogens with one attached hydrogen (secondary N) is 2. The summed E-state index contributed by atoms with van der Waals surface area (Å²) >= 11 is 0. The average molecular weight is 172 g/mol. The van der Waals surface area contributed by atoms with Gasteiger partial charge >= 0.3 is 0 Å². The van der Waals surface area contributed by atoms with E-state index in [-0.39, 0.29) is 5.91 Å². The molecule has 2 N–H and O–H groups in total. The van der Waals surface area contributed by atoms with Crippen LogP contribution in [0.2, 0.25) is 0 Å². The Balaban J connectivity index is 3.05. The van der Waals surface area contributed by atoms with Crippen molar-refractivity contribution in [2.75, 3.05) is 20.1 Å². The highest BCUT2D eigenvalue weighted by Gasteiger charge is 1.96. The first-order valence-electron chi connectivity index (χ1n) is 4.58. The van der Waals surface area contributed by atoms with Gasteiger partial charge in [-0.1, -0.05) is 13.8 Å². The molecule has 0 saturated heterocycles. The Kier molecular flexibility index (Phi) is 6.76. The molecule has 0 bridgehead atoms. The van der Waals surface area contributed by atoms with E-state index in [1.165, 1.54) is 6.42 Å². The largest absolute Gasteiger partial charge is 0.358 e. The summed E-state index contributed by atoms with van der Waals surface area (Å²) < 4.78 is 0. The van der Waals surface area contributed by atoms with Crippen molar-refractivity contribution in [2.24, 2.45) is 5.92 Å². The summed E-state index contributed by atoms with van der Waals surface area (Å²) in [5, 5.41) is 5.64. The van der Waals surface area contributed by atoms with Gasteiger partial charge < -0.3 is 10.6 Å². The van der Waals surface area contributed by atoms with Crippen LogP contribution in [0.3, 0.4) is 0 Å². The van der Waals surface area contributed by atoms with Crippen LogP contribution in [-0.2, 0) is 4.79 Å². The van der Waals surface area contributed by atoms with Crippen LogP contribution >= 0.6 is 0 Å². The van der Waals surface area contributed by atoms with Gasteiger partial charge in [-0.15, -0.1) is 0 Å². The van der Waals surface area contributed by atoms with E-state index in [0.717, 1.165) is 18.9 Å². The zero-order valence-electron chi connectivity index (χ0n) is 8.31. The van der Waals surface area contributed by atoms with E-state index in [2.05, 4.69) is 24.5 Å². The fraction of sp³-hybridized carbons (Fsp3) is 0.889. The molecule has 0 radical (unpaired) electrons. The molecule has 72 valence electrons. The van der Waals surface area contributed by atoms with Gasteiger partial charge in [0.15, 0.2) is 0 Å². The number of likely N-dealkylation sites (N-methyl/N-ethyl adjacent to an activating group) is 1. The maximum atomic E-state index is 10.7. The van der Waals surface area contributed by atoms with Crippen LogP contribution in [0, 0.1) is 5.92 Å². The van der Waals surface area contributed by atoms with Gasteiger partial charge in [-0.2, -0.15) is 0 Å². The lowest BCUT2D eigenvalue weighted by atomic mass is 10.1. The maximum Gasteiger partial charge on any atom is 0.233 e. The quantitative estimate of drug-likeness (QED) is 0.581. The van der Waals surface area contributed by atoms with Crippen molar-refractivity contribution in [2.45, 2.75) is 26.7 Å². The monoisotopic (exact) mass is 172 g/mol. The minimum Gasteiger partial charge on any atom is -0.358 e. The number of hydrogen-bond acceptors (Lipinski definition) is 2. The molecule has 12 heavy (non-hydrogen) atoms. The van der Waals surface area contributed by atoms with Gasteiger partial charge in [-0.3, -0.25) is 4.79 Å². The molecule has 0 aliphatic carbocycles. The summed E-state index contributed by atoms with van der Waals surface area (Å²) in [4.78, 5) is 10.7. The Hall–Kier alpha value is -0.570. The third kappa shape index (κ3) is 7.54. The number of carbonyl (C=O) groups excluding carboxylic acids is 1. The Morgan fingerprint density at radius 1 is 1.42 bits per heavy atom. The van der Waals surface area contributed by atoms with E-state index < -0.39 is 0 Å². The second-order valence-corrected chi connectivity index (χ2v) is 3.39. The average Bonchev–Trinajstić information content (AvgIpc) is 2.03. The minimum atomic E-state index is 0.0551. The molecule has 0 aromatic carbocycles. The van der Waals surface area contributed by atoms with Crippen molar-refractivity contribution in [3.63, 3.8) is 0 Å². The summed E-state index contributed by atoms with van der Waals surface area (Å²) in [7, 11) is 1.65. The van der Waals surface area contributed by atoms with Crippen molar-refractivity contribution < 1.29 is 4.79 Å². The summed E-state index contributed by atoms with van der Waals surface area (Å²) in [6.07, 6.45) is 2.37. The Morgan fingerprint density at radius 2 is 2.08 bits per heavy atom.